The van der Waals surface area contributed by atoms with Crippen molar-refractivity contribution >= 4 is 5.97 Å². The van der Waals surface area contributed by atoms with Gasteiger partial charge in [-0.05, 0) is 45.2 Å². The van der Waals surface area contributed by atoms with Crippen LogP contribution in [-0.2, 0) is 9.53 Å². The highest BCUT2D eigenvalue weighted by Crippen LogP contribution is 2.43. The van der Waals surface area contributed by atoms with Gasteiger partial charge in [-0.15, -0.1) is 0 Å². The van der Waals surface area contributed by atoms with E-state index in [-0.39, 0.29) is 12.0 Å². The number of rotatable bonds is 5. The van der Waals surface area contributed by atoms with Crippen LogP contribution in [-0.4, -0.2) is 50.2 Å². The number of likely N-dealkylation sites (tertiary alicyclic amines) is 1. The zero-order valence-corrected chi connectivity index (χ0v) is 12.4. The van der Waals surface area contributed by atoms with E-state index >= 15 is 0 Å². The Morgan fingerprint density at radius 2 is 2.05 bits per heavy atom. The molecule has 1 saturated carbocycles. The highest BCUT2D eigenvalue weighted by atomic mass is 16.5. The minimum atomic E-state index is -0.182. The highest BCUT2D eigenvalue weighted by Gasteiger charge is 2.39. The van der Waals surface area contributed by atoms with Crippen LogP contribution < -0.4 is 5.32 Å². The summed E-state index contributed by atoms with van der Waals surface area (Å²) in [4.78, 5) is 14.3. The van der Waals surface area contributed by atoms with Gasteiger partial charge in [-0.25, -0.2) is 0 Å². The summed E-state index contributed by atoms with van der Waals surface area (Å²) >= 11 is 0. The number of esters is 1. The zero-order chi connectivity index (χ0) is 13.7. The first kappa shape index (κ1) is 14.8. The third-order valence-electron chi connectivity index (χ3n) is 4.79. The van der Waals surface area contributed by atoms with E-state index in [9.17, 15) is 4.79 Å². The van der Waals surface area contributed by atoms with Gasteiger partial charge in [-0.1, -0.05) is 19.3 Å². The van der Waals surface area contributed by atoms with E-state index in [0.29, 0.717) is 12.0 Å². The van der Waals surface area contributed by atoms with E-state index in [1.54, 1.807) is 0 Å². The van der Waals surface area contributed by atoms with Crippen LogP contribution in [0.3, 0.4) is 0 Å². The van der Waals surface area contributed by atoms with Gasteiger partial charge in [0.1, 0.15) is 6.04 Å². The van der Waals surface area contributed by atoms with Gasteiger partial charge in [0.2, 0.25) is 0 Å². The molecule has 0 bridgehead atoms. The smallest absolute Gasteiger partial charge is 0.324 e. The predicted octanol–water partition coefficient (Wildman–Crippen LogP) is 1.79. The second-order valence-corrected chi connectivity index (χ2v) is 6.14. The summed E-state index contributed by atoms with van der Waals surface area (Å²) in [6, 6.07) is -0.182. The van der Waals surface area contributed by atoms with E-state index < -0.39 is 0 Å². The SMILES string of the molecule is CCOC(=O)C(CN1CCC2(CCCCC2)C1)NC. The summed E-state index contributed by atoms with van der Waals surface area (Å²) in [5, 5.41) is 3.09. The second-order valence-electron chi connectivity index (χ2n) is 6.14. The molecule has 1 spiro atoms. The fourth-order valence-electron chi connectivity index (χ4n) is 3.68. The Hall–Kier alpha value is -0.610. The van der Waals surface area contributed by atoms with Crippen LogP contribution in [0.5, 0.6) is 0 Å². The molecular weight excluding hydrogens is 240 g/mol. The molecule has 1 saturated heterocycles. The average Bonchev–Trinajstić information content (AvgIpc) is 2.80. The fraction of sp³-hybridized carbons (Fsp3) is 0.933. The molecular formula is C15H28N2O2. The lowest BCUT2D eigenvalue weighted by Gasteiger charge is -2.33. The number of likely N-dealkylation sites (N-methyl/N-ethyl adjacent to an activating group) is 1. The monoisotopic (exact) mass is 268 g/mol. The summed E-state index contributed by atoms with van der Waals surface area (Å²) in [7, 11) is 1.84. The molecule has 110 valence electrons. The molecule has 1 aliphatic carbocycles. The molecule has 1 aliphatic heterocycles. The van der Waals surface area contributed by atoms with Crippen molar-refractivity contribution in [3.8, 4) is 0 Å². The molecule has 1 N–H and O–H groups in total. The van der Waals surface area contributed by atoms with Crippen LogP contribution in [0.15, 0.2) is 0 Å². The second kappa shape index (κ2) is 6.71. The Bertz CT molecular complexity index is 301. The van der Waals surface area contributed by atoms with Gasteiger partial charge in [0.25, 0.3) is 0 Å². The first-order chi connectivity index (χ1) is 9.19. The Morgan fingerprint density at radius 3 is 2.68 bits per heavy atom. The third-order valence-corrected chi connectivity index (χ3v) is 4.79. The lowest BCUT2D eigenvalue weighted by molar-refractivity contribution is -0.146. The maximum atomic E-state index is 11.8. The van der Waals surface area contributed by atoms with Gasteiger partial charge in [0, 0.05) is 13.1 Å². The minimum Gasteiger partial charge on any atom is -0.465 e. The van der Waals surface area contributed by atoms with Gasteiger partial charge in [0.15, 0.2) is 0 Å². The van der Waals surface area contributed by atoms with E-state index in [4.69, 9.17) is 4.74 Å². The van der Waals surface area contributed by atoms with Crippen LogP contribution in [0.1, 0.15) is 45.4 Å². The third kappa shape index (κ3) is 3.69. The number of carbonyl (C=O) groups excluding carboxylic acids is 1. The van der Waals surface area contributed by atoms with Gasteiger partial charge < -0.3 is 15.0 Å². The largest absolute Gasteiger partial charge is 0.465 e. The fourth-order valence-corrected chi connectivity index (χ4v) is 3.68. The zero-order valence-electron chi connectivity index (χ0n) is 12.4. The molecule has 19 heavy (non-hydrogen) atoms. The molecule has 2 fully saturated rings. The first-order valence-corrected chi connectivity index (χ1v) is 7.75. The van der Waals surface area contributed by atoms with Gasteiger partial charge in [-0.3, -0.25) is 4.79 Å². The van der Waals surface area contributed by atoms with Gasteiger partial charge >= 0.3 is 5.97 Å². The number of nitrogens with one attached hydrogen (secondary N) is 1. The quantitative estimate of drug-likeness (QED) is 0.772. The first-order valence-electron chi connectivity index (χ1n) is 7.75. The molecule has 4 nitrogen and oxygen atoms in total. The highest BCUT2D eigenvalue weighted by molar-refractivity contribution is 5.76. The number of nitrogens with zero attached hydrogens (tertiary/aromatic N) is 1. The van der Waals surface area contributed by atoms with Crippen molar-refractivity contribution in [1.29, 1.82) is 0 Å². The number of carbonyl (C=O) groups is 1. The van der Waals surface area contributed by atoms with Crippen LogP contribution in [0.4, 0.5) is 0 Å². The molecule has 1 atom stereocenters. The molecule has 1 unspecified atom stereocenters. The molecule has 1 heterocycles. The van der Waals surface area contributed by atoms with Crippen LogP contribution in [0.25, 0.3) is 0 Å². The normalized spacial score (nSPS) is 24.5. The standard InChI is InChI=1S/C15H28N2O2/c1-3-19-14(18)13(16-2)11-17-10-9-15(12-17)7-5-4-6-8-15/h13,16H,3-12H2,1-2H3. The predicted molar refractivity (Wildman–Crippen MR) is 76.1 cm³/mol. The van der Waals surface area contributed by atoms with Gasteiger partial charge in [0.05, 0.1) is 6.61 Å². The Morgan fingerprint density at radius 1 is 1.32 bits per heavy atom. The topological polar surface area (TPSA) is 41.6 Å². The number of ether oxygens (including phenoxy) is 1. The number of hydrogen-bond acceptors (Lipinski definition) is 4. The van der Waals surface area contributed by atoms with E-state index in [2.05, 4.69) is 10.2 Å². The molecule has 0 aromatic rings. The molecule has 0 amide bonds. The number of hydrogen-bond donors (Lipinski definition) is 1. The van der Waals surface area contributed by atoms with E-state index in [1.165, 1.54) is 45.1 Å². The van der Waals surface area contributed by atoms with Crippen LogP contribution in [0, 0.1) is 5.41 Å². The molecule has 0 aromatic carbocycles. The van der Waals surface area contributed by atoms with Crippen LogP contribution in [0.2, 0.25) is 0 Å². The van der Waals surface area contributed by atoms with E-state index in [1.807, 2.05) is 14.0 Å². The Balaban J connectivity index is 1.84. The van der Waals surface area contributed by atoms with Crippen molar-refractivity contribution in [2.75, 3.05) is 33.3 Å². The Kier molecular flexibility index (Phi) is 5.22. The molecule has 2 aliphatic rings. The maximum Gasteiger partial charge on any atom is 0.324 e. The lowest BCUT2D eigenvalue weighted by atomic mass is 9.73. The minimum absolute atomic E-state index is 0.116. The van der Waals surface area contributed by atoms with Crippen molar-refractivity contribution in [3.05, 3.63) is 0 Å². The van der Waals surface area contributed by atoms with Crippen LogP contribution >= 0.6 is 0 Å². The summed E-state index contributed by atoms with van der Waals surface area (Å²) in [5.74, 6) is -0.116. The maximum absolute atomic E-state index is 11.8. The molecule has 0 radical (unpaired) electrons. The van der Waals surface area contributed by atoms with Gasteiger partial charge in [-0.2, -0.15) is 0 Å². The summed E-state index contributed by atoms with van der Waals surface area (Å²) in [6.45, 7) is 5.41. The molecule has 0 aromatic heterocycles. The van der Waals surface area contributed by atoms with Crippen molar-refractivity contribution < 1.29 is 9.53 Å². The summed E-state index contributed by atoms with van der Waals surface area (Å²) < 4.78 is 5.11. The average molecular weight is 268 g/mol. The van der Waals surface area contributed by atoms with E-state index in [0.717, 1.165) is 13.1 Å². The molecule has 4 heteroatoms. The van der Waals surface area contributed by atoms with Crippen molar-refractivity contribution in [2.24, 2.45) is 5.41 Å². The summed E-state index contributed by atoms with van der Waals surface area (Å²) in [6.07, 6.45) is 8.26. The van der Waals surface area contributed by atoms with Crippen molar-refractivity contribution in [1.82, 2.24) is 10.2 Å². The molecule has 2 rings (SSSR count). The van der Waals surface area contributed by atoms with Crippen molar-refractivity contribution in [2.45, 2.75) is 51.5 Å². The summed E-state index contributed by atoms with van der Waals surface area (Å²) in [5.41, 5.74) is 0.561. The Labute approximate surface area is 116 Å². The van der Waals surface area contributed by atoms with Crippen molar-refractivity contribution in [3.63, 3.8) is 0 Å². The lowest BCUT2D eigenvalue weighted by Crippen LogP contribution is -2.45.